The number of carbonyl (C=O) groups is 1. The maximum Gasteiger partial charge on any atom is 0.344 e. The van der Waals surface area contributed by atoms with Crippen LogP contribution in [0.1, 0.15) is 10.6 Å². The number of anilines is 1. The number of non-ortho nitro benzene ring substituents is 1. The van der Waals surface area contributed by atoms with Crippen LogP contribution in [0.2, 0.25) is 0 Å². The third kappa shape index (κ3) is 3.11. The van der Waals surface area contributed by atoms with Gasteiger partial charge in [0.15, 0.2) is 5.76 Å². The van der Waals surface area contributed by atoms with E-state index >= 15 is 0 Å². The van der Waals surface area contributed by atoms with Crippen molar-refractivity contribution in [3.05, 3.63) is 87.1 Å². The van der Waals surface area contributed by atoms with Gasteiger partial charge in [0.25, 0.3) is 11.6 Å². The molecule has 27 heavy (non-hydrogen) atoms. The summed E-state index contributed by atoms with van der Waals surface area (Å²) in [4.78, 5) is 39.1. The third-order valence-corrected chi connectivity index (χ3v) is 4.03. The molecule has 0 atom stereocenters. The molecule has 2 aromatic carbocycles. The number of amides is 1. The van der Waals surface area contributed by atoms with Gasteiger partial charge in [0.2, 0.25) is 0 Å². The number of fused-ring (bicyclic) bond motifs is 2. The van der Waals surface area contributed by atoms with Crippen molar-refractivity contribution in [1.82, 2.24) is 4.98 Å². The quantitative estimate of drug-likeness (QED) is 0.441. The maximum absolute atomic E-state index is 12.5. The first-order valence-electron chi connectivity index (χ1n) is 7.90. The van der Waals surface area contributed by atoms with E-state index in [1.54, 1.807) is 6.07 Å². The second-order valence-electron chi connectivity index (χ2n) is 5.80. The molecule has 8 heteroatoms. The monoisotopic (exact) mass is 361 g/mol. The number of benzene rings is 2. The van der Waals surface area contributed by atoms with E-state index in [-0.39, 0.29) is 22.2 Å². The van der Waals surface area contributed by atoms with Crippen molar-refractivity contribution < 1.29 is 14.1 Å². The number of pyridine rings is 1. The van der Waals surface area contributed by atoms with Crippen LogP contribution in [0.25, 0.3) is 21.7 Å². The lowest BCUT2D eigenvalue weighted by Gasteiger charge is -2.06. The lowest BCUT2D eigenvalue weighted by molar-refractivity contribution is -0.384. The van der Waals surface area contributed by atoms with Crippen LogP contribution < -0.4 is 10.9 Å². The van der Waals surface area contributed by atoms with E-state index in [9.17, 15) is 19.7 Å². The zero-order valence-electron chi connectivity index (χ0n) is 13.7. The van der Waals surface area contributed by atoms with Gasteiger partial charge in [-0.1, -0.05) is 18.2 Å². The predicted octanol–water partition coefficient (Wildman–Crippen LogP) is 3.50. The molecule has 0 bridgehead atoms. The summed E-state index contributed by atoms with van der Waals surface area (Å²) in [6.07, 6.45) is 1.49. The number of nitro groups is 1. The van der Waals surface area contributed by atoms with Crippen molar-refractivity contribution in [3.63, 3.8) is 0 Å². The van der Waals surface area contributed by atoms with E-state index in [2.05, 4.69) is 10.3 Å². The van der Waals surface area contributed by atoms with E-state index in [0.717, 1.165) is 10.9 Å². The summed E-state index contributed by atoms with van der Waals surface area (Å²) in [5.74, 6) is -0.904. The number of rotatable bonds is 3. The first-order chi connectivity index (χ1) is 13.0. The van der Waals surface area contributed by atoms with E-state index in [0.29, 0.717) is 5.69 Å². The number of hydrogen-bond acceptors (Lipinski definition) is 6. The summed E-state index contributed by atoms with van der Waals surface area (Å²) in [5, 5.41) is 14.8. The molecular weight excluding hydrogens is 350 g/mol. The van der Waals surface area contributed by atoms with Gasteiger partial charge in [0.05, 0.1) is 27.7 Å². The van der Waals surface area contributed by atoms with Crippen LogP contribution in [0.4, 0.5) is 11.4 Å². The van der Waals surface area contributed by atoms with Crippen molar-refractivity contribution in [3.8, 4) is 0 Å². The first kappa shape index (κ1) is 16.4. The molecule has 4 rings (SSSR count). The highest BCUT2D eigenvalue weighted by Crippen LogP contribution is 2.21. The summed E-state index contributed by atoms with van der Waals surface area (Å²) in [7, 11) is 0. The molecular formula is C19H11N3O5. The number of nitrogens with one attached hydrogen (secondary N) is 1. The molecule has 8 nitrogen and oxygen atoms in total. The molecule has 4 aromatic rings. The Morgan fingerprint density at radius 1 is 1.07 bits per heavy atom. The Labute approximate surface area is 151 Å². The van der Waals surface area contributed by atoms with Crippen LogP contribution in [0.15, 0.2) is 70.0 Å². The third-order valence-electron chi connectivity index (χ3n) is 4.03. The minimum absolute atomic E-state index is 0.157. The smallest absolute Gasteiger partial charge is 0.344 e. The van der Waals surface area contributed by atoms with Gasteiger partial charge in [0, 0.05) is 17.5 Å². The van der Waals surface area contributed by atoms with Crippen molar-refractivity contribution in [2.75, 3.05) is 5.32 Å². The second-order valence-corrected chi connectivity index (χ2v) is 5.80. The lowest BCUT2D eigenvalue weighted by Crippen LogP contribution is -2.15. The Kier molecular flexibility index (Phi) is 3.85. The molecule has 2 aromatic heterocycles. The van der Waals surface area contributed by atoms with Crippen molar-refractivity contribution in [2.45, 2.75) is 0 Å². The van der Waals surface area contributed by atoms with Gasteiger partial charge in [-0.05, 0) is 29.7 Å². The normalized spacial score (nSPS) is 10.8. The average Bonchev–Trinajstić information content (AvgIpc) is 2.67. The molecule has 0 fully saturated rings. The SMILES string of the molecule is O=C(Nc1cnc2ccccc2c1)c1cc2cc([N+](=O)[O-])ccc2c(=O)o1. The van der Waals surface area contributed by atoms with Gasteiger partial charge < -0.3 is 9.73 Å². The second kappa shape index (κ2) is 6.34. The highest BCUT2D eigenvalue weighted by atomic mass is 16.6. The standard InChI is InChI=1S/C19H11N3O5/c23-18(21-13-7-11-3-1-2-4-16(11)20-10-13)17-9-12-8-14(22(25)26)5-6-15(12)19(24)27-17/h1-10H,(H,21,23). The van der Waals surface area contributed by atoms with E-state index in [1.165, 1.54) is 30.5 Å². The molecule has 0 unspecified atom stereocenters. The van der Waals surface area contributed by atoms with Crippen molar-refractivity contribution >= 4 is 39.0 Å². The fraction of sp³-hybridized carbons (Fsp3) is 0. The number of para-hydroxylation sites is 1. The number of hydrogen-bond donors (Lipinski definition) is 1. The average molecular weight is 361 g/mol. The Hall–Kier alpha value is -4.07. The molecule has 0 aliphatic heterocycles. The molecule has 0 spiro atoms. The van der Waals surface area contributed by atoms with Crippen LogP contribution in [-0.4, -0.2) is 15.8 Å². The van der Waals surface area contributed by atoms with Crippen LogP contribution in [0.3, 0.4) is 0 Å². The molecule has 132 valence electrons. The number of nitro benzene ring substituents is 1. The highest BCUT2D eigenvalue weighted by Gasteiger charge is 2.15. The molecule has 1 amide bonds. The molecule has 0 aliphatic rings. The minimum Gasteiger partial charge on any atom is -0.417 e. The van der Waals surface area contributed by atoms with Crippen molar-refractivity contribution in [2.24, 2.45) is 0 Å². The molecule has 0 saturated heterocycles. The zero-order chi connectivity index (χ0) is 19.0. The van der Waals surface area contributed by atoms with Gasteiger partial charge >= 0.3 is 5.63 Å². The summed E-state index contributed by atoms with van der Waals surface area (Å²) >= 11 is 0. The fourth-order valence-electron chi connectivity index (χ4n) is 2.74. The number of nitrogens with zero attached hydrogens (tertiary/aromatic N) is 2. The highest BCUT2D eigenvalue weighted by molar-refractivity contribution is 6.04. The number of aromatic nitrogens is 1. The Morgan fingerprint density at radius 3 is 2.70 bits per heavy atom. The molecule has 0 radical (unpaired) electrons. The van der Waals surface area contributed by atoms with Gasteiger partial charge in [0.1, 0.15) is 0 Å². The van der Waals surface area contributed by atoms with Crippen molar-refractivity contribution in [1.29, 1.82) is 0 Å². The predicted molar refractivity (Wildman–Crippen MR) is 98.8 cm³/mol. The van der Waals surface area contributed by atoms with E-state index in [1.807, 2.05) is 24.3 Å². The molecule has 0 aliphatic carbocycles. The molecule has 1 N–H and O–H groups in total. The molecule has 0 saturated carbocycles. The number of carbonyl (C=O) groups excluding carboxylic acids is 1. The Balaban J connectivity index is 1.70. The molecule has 2 heterocycles. The Morgan fingerprint density at radius 2 is 1.89 bits per heavy atom. The van der Waals surface area contributed by atoms with Gasteiger partial charge in [-0.15, -0.1) is 0 Å². The Bertz CT molecular complexity index is 1280. The van der Waals surface area contributed by atoms with E-state index in [4.69, 9.17) is 4.42 Å². The van der Waals surface area contributed by atoms with Crippen LogP contribution in [-0.2, 0) is 0 Å². The maximum atomic E-state index is 12.5. The summed E-state index contributed by atoms with van der Waals surface area (Å²) in [6.45, 7) is 0. The first-order valence-corrected chi connectivity index (χ1v) is 7.90. The minimum atomic E-state index is -0.746. The summed E-state index contributed by atoms with van der Waals surface area (Å²) < 4.78 is 5.05. The van der Waals surface area contributed by atoms with Gasteiger partial charge in [-0.2, -0.15) is 0 Å². The zero-order valence-corrected chi connectivity index (χ0v) is 13.7. The van der Waals surface area contributed by atoms with Crippen LogP contribution in [0, 0.1) is 10.1 Å². The van der Waals surface area contributed by atoms with E-state index < -0.39 is 16.5 Å². The van der Waals surface area contributed by atoms with Gasteiger partial charge in [-0.25, -0.2) is 4.79 Å². The van der Waals surface area contributed by atoms with Crippen LogP contribution >= 0.6 is 0 Å². The fourth-order valence-corrected chi connectivity index (χ4v) is 2.74. The lowest BCUT2D eigenvalue weighted by atomic mass is 10.1. The van der Waals surface area contributed by atoms with Gasteiger partial charge in [-0.3, -0.25) is 19.9 Å². The summed E-state index contributed by atoms with van der Waals surface area (Å²) in [6, 6.07) is 14.2. The topological polar surface area (TPSA) is 115 Å². The van der Waals surface area contributed by atoms with Crippen LogP contribution in [0.5, 0.6) is 0 Å². The summed E-state index contributed by atoms with van der Waals surface area (Å²) in [5.41, 5.74) is 0.280. The largest absolute Gasteiger partial charge is 0.417 e.